The average molecular weight is 237 g/mol. The van der Waals surface area contributed by atoms with E-state index in [4.69, 9.17) is 0 Å². The summed E-state index contributed by atoms with van der Waals surface area (Å²) in [7, 11) is 1.79. The van der Waals surface area contributed by atoms with Gasteiger partial charge >= 0.3 is 0 Å². The molecule has 17 heavy (non-hydrogen) atoms. The van der Waals surface area contributed by atoms with Crippen molar-refractivity contribution in [2.24, 2.45) is 0 Å². The first-order valence-corrected chi connectivity index (χ1v) is 5.26. The molecule has 90 valence electrons. The molecule has 0 fully saturated rings. The minimum Gasteiger partial charge on any atom is -0.341 e. The van der Waals surface area contributed by atoms with Gasteiger partial charge < -0.3 is 10.3 Å². The Morgan fingerprint density at radius 3 is 2.76 bits per heavy atom. The van der Waals surface area contributed by atoms with Crippen LogP contribution in [0.1, 0.15) is 11.4 Å². The number of nitrogens with one attached hydrogen (secondary N) is 2. The van der Waals surface area contributed by atoms with Crippen molar-refractivity contribution in [2.75, 3.05) is 7.05 Å². The molecule has 2 rings (SSSR count). The maximum atomic E-state index is 13.7. The van der Waals surface area contributed by atoms with Gasteiger partial charge in [0.05, 0.1) is 18.4 Å². The Morgan fingerprint density at radius 2 is 2.06 bits per heavy atom. The Bertz CT molecular complexity index is 535. The molecule has 3 nitrogen and oxygen atoms in total. The fourth-order valence-corrected chi connectivity index (χ4v) is 1.61. The highest BCUT2D eigenvalue weighted by atomic mass is 19.1. The van der Waals surface area contributed by atoms with Gasteiger partial charge in [0, 0.05) is 5.56 Å². The molecule has 1 aromatic heterocycles. The lowest BCUT2D eigenvalue weighted by Gasteiger charge is -2.03. The molecule has 1 heterocycles. The topological polar surface area (TPSA) is 40.7 Å². The van der Waals surface area contributed by atoms with E-state index in [0.717, 1.165) is 0 Å². The lowest BCUT2D eigenvalue weighted by Crippen LogP contribution is -2.06. The molecular formula is C12H13F2N3. The molecule has 0 saturated heterocycles. The van der Waals surface area contributed by atoms with Crippen LogP contribution < -0.4 is 5.32 Å². The highest BCUT2D eigenvalue weighted by Crippen LogP contribution is 2.23. The molecule has 0 aliphatic heterocycles. The summed E-state index contributed by atoms with van der Waals surface area (Å²) in [6.45, 7) is 2.08. The Balaban J connectivity index is 2.41. The fraction of sp³-hybridized carbons (Fsp3) is 0.250. The van der Waals surface area contributed by atoms with Crippen molar-refractivity contribution in [3.63, 3.8) is 0 Å². The van der Waals surface area contributed by atoms with Gasteiger partial charge in [0.1, 0.15) is 17.5 Å². The van der Waals surface area contributed by atoms with E-state index in [1.54, 1.807) is 7.05 Å². The first kappa shape index (κ1) is 11.7. The Hall–Kier alpha value is -1.75. The number of rotatable bonds is 3. The number of nitrogens with zero attached hydrogens (tertiary/aromatic N) is 1. The first-order valence-electron chi connectivity index (χ1n) is 5.26. The van der Waals surface area contributed by atoms with Crippen LogP contribution in [0.5, 0.6) is 0 Å². The van der Waals surface area contributed by atoms with Crippen molar-refractivity contribution in [3.8, 4) is 11.3 Å². The summed E-state index contributed by atoms with van der Waals surface area (Å²) in [6.07, 6.45) is 1.50. The number of hydrogen-bond acceptors (Lipinski definition) is 2. The number of aryl methyl sites for hydroxylation is 1. The van der Waals surface area contributed by atoms with Gasteiger partial charge in [-0.15, -0.1) is 0 Å². The third-order valence-corrected chi connectivity index (χ3v) is 2.51. The zero-order valence-electron chi connectivity index (χ0n) is 9.64. The number of halogens is 2. The summed E-state index contributed by atoms with van der Waals surface area (Å²) >= 11 is 0. The second-order valence-corrected chi connectivity index (χ2v) is 3.86. The summed E-state index contributed by atoms with van der Waals surface area (Å²) in [5.74, 6) is -0.197. The number of aromatic nitrogens is 2. The molecule has 0 radical (unpaired) electrons. The van der Waals surface area contributed by atoms with E-state index >= 15 is 0 Å². The van der Waals surface area contributed by atoms with Crippen LogP contribution in [0.3, 0.4) is 0 Å². The molecule has 5 heteroatoms. The van der Waals surface area contributed by atoms with Crippen molar-refractivity contribution in [3.05, 3.63) is 41.4 Å². The van der Waals surface area contributed by atoms with E-state index in [9.17, 15) is 8.78 Å². The molecule has 0 aliphatic carbocycles. The lowest BCUT2D eigenvalue weighted by molar-refractivity contribution is 0.595. The van der Waals surface area contributed by atoms with Crippen molar-refractivity contribution < 1.29 is 8.78 Å². The monoisotopic (exact) mass is 237 g/mol. The zero-order chi connectivity index (χ0) is 12.4. The van der Waals surface area contributed by atoms with Crippen LogP contribution in [-0.2, 0) is 6.54 Å². The van der Waals surface area contributed by atoms with Crippen molar-refractivity contribution in [1.82, 2.24) is 15.3 Å². The highest BCUT2D eigenvalue weighted by molar-refractivity contribution is 5.60. The molecule has 2 N–H and O–H groups in total. The van der Waals surface area contributed by atoms with Gasteiger partial charge in [0.2, 0.25) is 0 Å². The maximum Gasteiger partial charge on any atom is 0.133 e. The third-order valence-electron chi connectivity index (χ3n) is 2.51. The van der Waals surface area contributed by atoms with Gasteiger partial charge in [-0.05, 0) is 31.7 Å². The molecule has 0 saturated carbocycles. The summed E-state index contributed by atoms with van der Waals surface area (Å²) in [5, 5.41) is 2.92. The molecule has 1 aromatic carbocycles. The Labute approximate surface area is 97.9 Å². The van der Waals surface area contributed by atoms with Gasteiger partial charge in [-0.1, -0.05) is 0 Å². The van der Waals surface area contributed by atoms with Gasteiger partial charge in [-0.25, -0.2) is 13.8 Å². The van der Waals surface area contributed by atoms with E-state index in [2.05, 4.69) is 15.3 Å². The molecule has 0 bridgehead atoms. The van der Waals surface area contributed by atoms with E-state index in [1.165, 1.54) is 25.3 Å². The molecule has 0 unspecified atom stereocenters. The van der Waals surface area contributed by atoms with Crippen LogP contribution in [0.25, 0.3) is 11.3 Å². The second-order valence-electron chi connectivity index (χ2n) is 3.86. The molecule has 0 atom stereocenters. The Morgan fingerprint density at radius 1 is 1.29 bits per heavy atom. The highest BCUT2D eigenvalue weighted by Gasteiger charge is 2.11. The van der Waals surface area contributed by atoms with Gasteiger partial charge in [-0.3, -0.25) is 0 Å². The van der Waals surface area contributed by atoms with Gasteiger partial charge in [0.25, 0.3) is 0 Å². The van der Waals surface area contributed by atoms with E-state index in [1.807, 2.05) is 0 Å². The third kappa shape index (κ3) is 2.34. The van der Waals surface area contributed by atoms with Crippen LogP contribution in [0.2, 0.25) is 0 Å². The van der Waals surface area contributed by atoms with Crippen LogP contribution in [0.15, 0.2) is 18.3 Å². The standard InChI is InChI=1S/C12H13F2N3/c1-7-3-10(14)8(4-9(7)13)11-5-16-12(17-11)6-15-2/h3-5,15H,6H2,1-2H3,(H,16,17). The molecule has 2 aromatic rings. The average Bonchev–Trinajstić information content (AvgIpc) is 2.72. The number of hydrogen-bond donors (Lipinski definition) is 2. The minimum absolute atomic E-state index is 0.197. The van der Waals surface area contributed by atoms with Crippen LogP contribution >= 0.6 is 0 Å². The van der Waals surface area contributed by atoms with Crippen molar-refractivity contribution >= 4 is 0 Å². The summed E-state index contributed by atoms with van der Waals surface area (Å²) in [4.78, 5) is 7.01. The largest absolute Gasteiger partial charge is 0.341 e. The normalized spacial score (nSPS) is 10.8. The lowest BCUT2D eigenvalue weighted by atomic mass is 10.1. The van der Waals surface area contributed by atoms with E-state index in [-0.39, 0.29) is 5.56 Å². The number of H-pyrrole nitrogens is 1. The van der Waals surface area contributed by atoms with Gasteiger partial charge in [-0.2, -0.15) is 0 Å². The molecule has 0 amide bonds. The smallest absolute Gasteiger partial charge is 0.133 e. The molecule has 0 spiro atoms. The fourth-order valence-electron chi connectivity index (χ4n) is 1.61. The minimum atomic E-state index is -0.455. The number of imidazole rings is 1. The maximum absolute atomic E-state index is 13.7. The molecule has 0 aliphatic rings. The van der Waals surface area contributed by atoms with Crippen molar-refractivity contribution in [2.45, 2.75) is 13.5 Å². The summed E-state index contributed by atoms with van der Waals surface area (Å²) < 4.78 is 27.1. The predicted octanol–water partition coefficient (Wildman–Crippen LogP) is 2.38. The quantitative estimate of drug-likeness (QED) is 0.860. The van der Waals surface area contributed by atoms with Crippen molar-refractivity contribution in [1.29, 1.82) is 0 Å². The summed E-state index contributed by atoms with van der Waals surface area (Å²) in [6, 6.07) is 2.37. The first-order chi connectivity index (χ1) is 8.11. The van der Waals surface area contributed by atoms with Crippen LogP contribution in [0, 0.1) is 18.6 Å². The SMILES string of the molecule is CNCc1ncc(-c2cc(F)c(C)cc2F)[nH]1. The Kier molecular flexibility index (Phi) is 3.19. The van der Waals surface area contributed by atoms with Crippen LogP contribution in [0.4, 0.5) is 8.78 Å². The number of aromatic amines is 1. The number of benzene rings is 1. The predicted molar refractivity (Wildman–Crippen MR) is 61.4 cm³/mol. The summed E-state index contributed by atoms with van der Waals surface area (Å²) in [5.41, 5.74) is 0.968. The van der Waals surface area contributed by atoms with Crippen LogP contribution in [-0.4, -0.2) is 17.0 Å². The molecular weight excluding hydrogens is 224 g/mol. The van der Waals surface area contributed by atoms with Gasteiger partial charge in [0.15, 0.2) is 0 Å². The van der Waals surface area contributed by atoms with E-state index < -0.39 is 11.6 Å². The van der Waals surface area contributed by atoms with E-state index in [0.29, 0.717) is 23.6 Å². The second kappa shape index (κ2) is 4.63. The zero-order valence-corrected chi connectivity index (χ0v) is 9.64.